The van der Waals surface area contributed by atoms with E-state index in [1.165, 1.54) is 0 Å². The molecular weight excluding hydrogens is 178 g/mol. The lowest BCUT2D eigenvalue weighted by atomic mass is 9.95. The molecule has 0 aromatic carbocycles. The first-order valence-corrected chi connectivity index (χ1v) is 4.99. The van der Waals surface area contributed by atoms with Gasteiger partial charge in [0.25, 0.3) is 0 Å². The van der Waals surface area contributed by atoms with E-state index in [1.807, 2.05) is 26.8 Å². The third kappa shape index (κ3) is 5.02. The number of nitrogens with one attached hydrogen (secondary N) is 1. The number of hydrogen-bond acceptors (Lipinski definition) is 2. The van der Waals surface area contributed by atoms with Crippen molar-refractivity contribution in [3.05, 3.63) is 11.6 Å². The maximum Gasteiger partial charge on any atom is 0.246 e. The monoisotopic (exact) mass is 199 g/mol. The molecule has 0 aromatic rings. The van der Waals surface area contributed by atoms with Crippen molar-refractivity contribution < 1.29 is 9.90 Å². The third-order valence-corrected chi connectivity index (χ3v) is 2.02. The highest BCUT2D eigenvalue weighted by molar-refractivity contribution is 5.92. The van der Waals surface area contributed by atoms with E-state index in [1.54, 1.807) is 6.92 Å². The van der Waals surface area contributed by atoms with Gasteiger partial charge in [-0.15, -0.1) is 0 Å². The van der Waals surface area contributed by atoms with Gasteiger partial charge in [0.15, 0.2) is 0 Å². The summed E-state index contributed by atoms with van der Waals surface area (Å²) in [6.45, 7) is 8.18. The molecule has 14 heavy (non-hydrogen) atoms. The molecule has 0 radical (unpaired) electrons. The van der Waals surface area contributed by atoms with Crippen LogP contribution in [0.4, 0.5) is 0 Å². The number of aliphatic hydroxyl groups is 1. The molecule has 0 rings (SSSR count). The maximum absolute atomic E-state index is 11.4. The van der Waals surface area contributed by atoms with Crippen molar-refractivity contribution in [2.24, 2.45) is 5.41 Å². The van der Waals surface area contributed by atoms with Gasteiger partial charge in [-0.3, -0.25) is 4.79 Å². The average Bonchev–Trinajstić information content (AvgIpc) is 2.15. The Morgan fingerprint density at radius 3 is 2.50 bits per heavy atom. The predicted octanol–water partition coefficient (Wildman–Crippen LogP) is 1.48. The quantitative estimate of drug-likeness (QED) is 0.659. The number of carbonyl (C=O) groups is 1. The Kier molecular flexibility index (Phi) is 5.46. The smallest absolute Gasteiger partial charge is 0.246 e. The minimum Gasteiger partial charge on any atom is -0.396 e. The molecule has 0 aliphatic rings. The van der Waals surface area contributed by atoms with E-state index in [2.05, 4.69) is 5.32 Å². The van der Waals surface area contributed by atoms with Crippen LogP contribution in [0.5, 0.6) is 0 Å². The summed E-state index contributed by atoms with van der Waals surface area (Å²) in [6, 6.07) is 0. The van der Waals surface area contributed by atoms with E-state index in [9.17, 15) is 4.79 Å². The Morgan fingerprint density at radius 2 is 2.07 bits per heavy atom. The van der Waals surface area contributed by atoms with E-state index in [0.29, 0.717) is 6.54 Å². The molecule has 82 valence electrons. The first-order valence-electron chi connectivity index (χ1n) is 4.99. The van der Waals surface area contributed by atoms with Gasteiger partial charge in [-0.05, 0) is 13.3 Å². The van der Waals surface area contributed by atoms with Gasteiger partial charge in [-0.2, -0.15) is 0 Å². The van der Waals surface area contributed by atoms with Gasteiger partial charge in [0.1, 0.15) is 0 Å². The molecule has 0 atom stereocenters. The minimum absolute atomic E-state index is 0.0478. The summed E-state index contributed by atoms with van der Waals surface area (Å²) in [6.07, 6.45) is 2.75. The molecular formula is C11H21NO2. The summed E-state index contributed by atoms with van der Waals surface area (Å²) in [5.74, 6) is -0.0478. The summed E-state index contributed by atoms with van der Waals surface area (Å²) in [5.41, 5.74) is 0.489. The van der Waals surface area contributed by atoms with Gasteiger partial charge in [0.05, 0.1) is 0 Å². The van der Waals surface area contributed by atoms with Crippen molar-refractivity contribution in [1.29, 1.82) is 0 Å². The standard InChI is InChI=1S/C11H21NO2/c1-5-6-9(2)10(14)12-7-11(3,4)8-13/h6,13H,5,7-8H2,1-4H3,(H,12,14)/b9-6-. The molecule has 2 N–H and O–H groups in total. The van der Waals surface area contributed by atoms with Gasteiger partial charge in [0.2, 0.25) is 5.91 Å². The van der Waals surface area contributed by atoms with Crippen molar-refractivity contribution in [2.75, 3.05) is 13.2 Å². The highest BCUT2D eigenvalue weighted by Crippen LogP contribution is 2.11. The lowest BCUT2D eigenvalue weighted by Gasteiger charge is -2.21. The molecule has 3 nitrogen and oxygen atoms in total. The summed E-state index contributed by atoms with van der Waals surface area (Å²) in [5, 5.41) is 11.8. The number of carbonyl (C=O) groups excluding carboxylic acids is 1. The SMILES string of the molecule is CC/C=C(/C)C(=O)NCC(C)(C)CO. The van der Waals surface area contributed by atoms with Crippen molar-refractivity contribution in [3.8, 4) is 0 Å². The molecule has 0 spiro atoms. The van der Waals surface area contributed by atoms with Crippen molar-refractivity contribution in [2.45, 2.75) is 34.1 Å². The molecule has 3 heteroatoms. The Morgan fingerprint density at radius 1 is 1.50 bits per heavy atom. The minimum atomic E-state index is -0.248. The molecule has 0 saturated carbocycles. The van der Waals surface area contributed by atoms with Crippen LogP contribution in [0.3, 0.4) is 0 Å². The Bertz CT molecular complexity index is 219. The van der Waals surface area contributed by atoms with Crippen LogP contribution in [-0.2, 0) is 4.79 Å². The van der Waals surface area contributed by atoms with Gasteiger partial charge >= 0.3 is 0 Å². The number of hydrogen-bond donors (Lipinski definition) is 2. The Hall–Kier alpha value is -0.830. The van der Waals surface area contributed by atoms with E-state index in [-0.39, 0.29) is 17.9 Å². The van der Waals surface area contributed by atoms with Crippen LogP contribution in [0.25, 0.3) is 0 Å². The molecule has 1 amide bonds. The fourth-order valence-electron chi connectivity index (χ4n) is 0.914. The van der Waals surface area contributed by atoms with Gasteiger partial charge in [0, 0.05) is 24.1 Å². The van der Waals surface area contributed by atoms with Crippen LogP contribution in [0, 0.1) is 5.41 Å². The molecule has 0 aliphatic heterocycles. The molecule has 0 saturated heterocycles. The summed E-state index contributed by atoms with van der Waals surface area (Å²) < 4.78 is 0. The Labute approximate surface area is 86.2 Å². The van der Waals surface area contributed by atoms with Crippen molar-refractivity contribution in [1.82, 2.24) is 5.32 Å². The number of allylic oxidation sites excluding steroid dienone is 1. The average molecular weight is 199 g/mol. The second-order valence-corrected chi connectivity index (χ2v) is 4.30. The zero-order chi connectivity index (χ0) is 11.2. The van der Waals surface area contributed by atoms with E-state index >= 15 is 0 Å². The van der Waals surface area contributed by atoms with Crippen LogP contribution in [0.1, 0.15) is 34.1 Å². The first kappa shape index (κ1) is 13.2. The van der Waals surface area contributed by atoms with Crippen LogP contribution < -0.4 is 5.32 Å². The van der Waals surface area contributed by atoms with E-state index < -0.39 is 0 Å². The number of aliphatic hydroxyl groups excluding tert-OH is 1. The van der Waals surface area contributed by atoms with Crippen molar-refractivity contribution >= 4 is 5.91 Å². The highest BCUT2D eigenvalue weighted by atomic mass is 16.3. The highest BCUT2D eigenvalue weighted by Gasteiger charge is 2.17. The topological polar surface area (TPSA) is 49.3 Å². The zero-order valence-corrected chi connectivity index (χ0v) is 9.55. The van der Waals surface area contributed by atoms with Gasteiger partial charge in [-0.25, -0.2) is 0 Å². The molecule has 0 aliphatic carbocycles. The lowest BCUT2D eigenvalue weighted by Crippen LogP contribution is -2.36. The maximum atomic E-state index is 11.4. The van der Waals surface area contributed by atoms with Gasteiger partial charge < -0.3 is 10.4 Å². The van der Waals surface area contributed by atoms with Crippen LogP contribution >= 0.6 is 0 Å². The summed E-state index contributed by atoms with van der Waals surface area (Å²) in [7, 11) is 0. The van der Waals surface area contributed by atoms with Crippen molar-refractivity contribution in [3.63, 3.8) is 0 Å². The zero-order valence-electron chi connectivity index (χ0n) is 9.55. The largest absolute Gasteiger partial charge is 0.396 e. The molecule has 0 aromatic heterocycles. The van der Waals surface area contributed by atoms with Crippen LogP contribution in [0.15, 0.2) is 11.6 Å². The number of amides is 1. The molecule has 0 fully saturated rings. The van der Waals surface area contributed by atoms with E-state index in [4.69, 9.17) is 5.11 Å². The first-order chi connectivity index (χ1) is 6.43. The second-order valence-electron chi connectivity index (χ2n) is 4.30. The second kappa shape index (κ2) is 5.81. The Balaban J connectivity index is 4.03. The van der Waals surface area contributed by atoms with E-state index in [0.717, 1.165) is 12.0 Å². The number of rotatable bonds is 5. The van der Waals surface area contributed by atoms with Crippen LogP contribution in [-0.4, -0.2) is 24.2 Å². The normalized spacial score (nSPS) is 12.8. The molecule has 0 unspecified atom stereocenters. The lowest BCUT2D eigenvalue weighted by molar-refractivity contribution is -0.118. The third-order valence-electron chi connectivity index (χ3n) is 2.02. The van der Waals surface area contributed by atoms with Gasteiger partial charge in [-0.1, -0.05) is 26.8 Å². The summed E-state index contributed by atoms with van der Waals surface area (Å²) in [4.78, 5) is 11.4. The van der Waals surface area contributed by atoms with Crippen LogP contribution in [0.2, 0.25) is 0 Å². The molecule has 0 heterocycles. The fraction of sp³-hybridized carbons (Fsp3) is 0.727. The molecule has 0 bridgehead atoms. The summed E-state index contributed by atoms with van der Waals surface area (Å²) >= 11 is 0. The fourth-order valence-corrected chi connectivity index (χ4v) is 0.914. The predicted molar refractivity (Wildman–Crippen MR) is 57.9 cm³/mol.